The molecule has 0 atom stereocenters. The van der Waals surface area contributed by atoms with Crippen molar-refractivity contribution in [2.24, 2.45) is 0 Å². The van der Waals surface area contributed by atoms with Crippen molar-refractivity contribution in [2.75, 3.05) is 6.61 Å². The number of benzene rings is 3. The molecule has 0 aromatic heterocycles. The lowest BCUT2D eigenvalue weighted by Gasteiger charge is -2.08. The Morgan fingerprint density at radius 3 is 1.91 bits per heavy atom. The van der Waals surface area contributed by atoms with Crippen LogP contribution < -0.4 is 0 Å². The van der Waals surface area contributed by atoms with Crippen molar-refractivity contribution < 1.29 is 5.11 Å². The summed E-state index contributed by atoms with van der Waals surface area (Å²) >= 11 is 0. The van der Waals surface area contributed by atoms with E-state index in [0.717, 1.165) is 11.1 Å². The van der Waals surface area contributed by atoms with Crippen molar-refractivity contribution in [3.63, 3.8) is 0 Å². The van der Waals surface area contributed by atoms with Gasteiger partial charge in [-0.05, 0) is 46.4 Å². The second-order valence-electron chi connectivity index (χ2n) is 5.59. The van der Waals surface area contributed by atoms with Crippen molar-refractivity contribution >= 4 is 5.57 Å². The molecule has 114 valence electrons. The Hall–Kier alpha value is -2.64. The van der Waals surface area contributed by atoms with Gasteiger partial charge in [-0.15, -0.1) is 0 Å². The van der Waals surface area contributed by atoms with Crippen LogP contribution in [-0.2, 0) is 0 Å². The van der Waals surface area contributed by atoms with Gasteiger partial charge in [-0.1, -0.05) is 78.9 Å². The SMILES string of the molecule is C/C(=C\CO)c1ccc(-c2cccc(-c3ccccc3)c2)cc1. The highest BCUT2D eigenvalue weighted by atomic mass is 16.2. The molecule has 0 saturated heterocycles. The Morgan fingerprint density at radius 1 is 0.739 bits per heavy atom. The number of rotatable bonds is 4. The van der Waals surface area contributed by atoms with Crippen LogP contribution in [-0.4, -0.2) is 11.7 Å². The summed E-state index contributed by atoms with van der Waals surface area (Å²) in [5.41, 5.74) is 7.10. The van der Waals surface area contributed by atoms with Crippen molar-refractivity contribution in [3.8, 4) is 22.3 Å². The van der Waals surface area contributed by atoms with Crippen molar-refractivity contribution in [3.05, 3.63) is 90.5 Å². The standard InChI is InChI=1S/C22H20O/c1-17(14-15-23)18-10-12-20(13-11-18)22-9-5-8-21(16-22)19-6-3-2-4-7-19/h2-14,16,23H,15H2,1H3/b17-14+. The van der Waals surface area contributed by atoms with Crippen molar-refractivity contribution in [1.82, 2.24) is 0 Å². The van der Waals surface area contributed by atoms with Gasteiger partial charge in [0.2, 0.25) is 0 Å². The van der Waals surface area contributed by atoms with Crippen LogP contribution in [0.2, 0.25) is 0 Å². The summed E-state index contributed by atoms with van der Waals surface area (Å²) in [5.74, 6) is 0. The molecule has 0 fully saturated rings. The third kappa shape index (κ3) is 3.58. The van der Waals surface area contributed by atoms with Crippen LogP contribution in [0.25, 0.3) is 27.8 Å². The molecule has 0 aliphatic carbocycles. The maximum absolute atomic E-state index is 8.99. The average molecular weight is 300 g/mol. The van der Waals surface area contributed by atoms with Gasteiger partial charge in [0.1, 0.15) is 0 Å². The predicted molar refractivity (Wildman–Crippen MR) is 98.1 cm³/mol. The van der Waals surface area contributed by atoms with E-state index in [0.29, 0.717) is 0 Å². The molecule has 0 radical (unpaired) electrons. The Bertz CT molecular complexity index is 799. The molecule has 3 aromatic rings. The first-order valence-electron chi connectivity index (χ1n) is 7.82. The molecule has 0 spiro atoms. The highest BCUT2D eigenvalue weighted by Crippen LogP contribution is 2.27. The molecule has 1 N–H and O–H groups in total. The van der Waals surface area contributed by atoms with E-state index in [4.69, 9.17) is 5.11 Å². The van der Waals surface area contributed by atoms with E-state index in [-0.39, 0.29) is 6.61 Å². The maximum Gasteiger partial charge on any atom is 0.0618 e. The quantitative estimate of drug-likeness (QED) is 0.682. The van der Waals surface area contributed by atoms with Gasteiger partial charge >= 0.3 is 0 Å². The third-order valence-corrected chi connectivity index (χ3v) is 4.04. The first kappa shape index (κ1) is 15.3. The minimum atomic E-state index is 0.0761. The lowest BCUT2D eigenvalue weighted by atomic mass is 9.97. The van der Waals surface area contributed by atoms with E-state index in [1.165, 1.54) is 22.3 Å². The Labute approximate surface area is 137 Å². The van der Waals surface area contributed by atoms with E-state index in [9.17, 15) is 0 Å². The molecule has 0 unspecified atom stereocenters. The van der Waals surface area contributed by atoms with Crippen LogP contribution in [0.1, 0.15) is 12.5 Å². The van der Waals surface area contributed by atoms with E-state index in [1.54, 1.807) is 0 Å². The Balaban J connectivity index is 1.92. The van der Waals surface area contributed by atoms with Gasteiger partial charge in [-0.2, -0.15) is 0 Å². The van der Waals surface area contributed by atoms with Crippen LogP contribution in [0.3, 0.4) is 0 Å². The summed E-state index contributed by atoms with van der Waals surface area (Å²) < 4.78 is 0. The minimum Gasteiger partial charge on any atom is -0.392 e. The van der Waals surface area contributed by atoms with E-state index < -0.39 is 0 Å². The lowest BCUT2D eigenvalue weighted by Crippen LogP contribution is -1.84. The van der Waals surface area contributed by atoms with E-state index >= 15 is 0 Å². The smallest absolute Gasteiger partial charge is 0.0618 e. The van der Waals surface area contributed by atoms with Gasteiger partial charge in [0, 0.05) is 0 Å². The molecule has 0 amide bonds. The summed E-state index contributed by atoms with van der Waals surface area (Å²) in [6.45, 7) is 2.09. The second kappa shape index (κ2) is 7.08. The molecule has 0 bridgehead atoms. The monoisotopic (exact) mass is 300 g/mol. The number of hydrogen-bond donors (Lipinski definition) is 1. The second-order valence-corrected chi connectivity index (χ2v) is 5.59. The minimum absolute atomic E-state index is 0.0761. The first-order valence-corrected chi connectivity index (χ1v) is 7.82. The topological polar surface area (TPSA) is 20.2 Å². The van der Waals surface area contributed by atoms with Gasteiger partial charge in [0.25, 0.3) is 0 Å². The third-order valence-electron chi connectivity index (χ3n) is 4.04. The maximum atomic E-state index is 8.99. The number of aliphatic hydroxyl groups is 1. The molecule has 23 heavy (non-hydrogen) atoms. The normalized spacial score (nSPS) is 11.5. The highest BCUT2D eigenvalue weighted by molar-refractivity contribution is 5.74. The zero-order chi connectivity index (χ0) is 16.1. The molecular weight excluding hydrogens is 280 g/mol. The summed E-state index contributed by atoms with van der Waals surface area (Å²) in [7, 11) is 0. The van der Waals surface area contributed by atoms with Gasteiger partial charge in [0.15, 0.2) is 0 Å². The predicted octanol–water partition coefficient (Wildman–Crippen LogP) is 5.42. The van der Waals surface area contributed by atoms with Crippen LogP contribution >= 0.6 is 0 Å². The zero-order valence-electron chi connectivity index (χ0n) is 13.2. The molecule has 3 rings (SSSR count). The van der Waals surface area contributed by atoms with Crippen molar-refractivity contribution in [2.45, 2.75) is 6.92 Å². The Morgan fingerprint density at radius 2 is 1.30 bits per heavy atom. The fourth-order valence-corrected chi connectivity index (χ4v) is 2.69. The molecular formula is C22H20O. The summed E-state index contributed by atoms with van der Waals surface area (Å²) in [6.07, 6.45) is 1.82. The lowest BCUT2D eigenvalue weighted by molar-refractivity contribution is 0.343. The van der Waals surface area contributed by atoms with E-state index in [1.807, 2.05) is 19.1 Å². The molecule has 0 heterocycles. The van der Waals surface area contributed by atoms with Crippen LogP contribution in [0.15, 0.2) is 84.9 Å². The first-order chi connectivity index (χ1) is 11.3. The average Bonchev–Trinajstić information content (AvgIpc) is 2.63. The summed E-state index contributed by atoms with van der Waals surface area (Å²) in [4.78, 5) is 0. The number of allylic oxidation sites excluding steroid dienone is 1. The van der Waals surface area contributed by atoms with Crippen molar-refractivity contribution in [1.29, 1.82) is 0 Å². The largest absolute Gasteiger partial charge is 0.392 e. The zero-order valence-corrected chi connectivity index (χ0v) is 13.2. The van der Waals surface area contributed by atoms with E-state index in [2.05, 4.69) is 72.8 Å². The molecule has 0 aliphatic rings. The van der Waals surface area contributed by atoms with Crippen LogP contribution in [0.4, 0.5) is 0 Å². The highest BCUT2D eigenvalue weighted by Gasteiger charge is 2.02. The summed E-state index contributed by atoms with van der Waals surface area (Å²) in [5, 5.41) is 8.99. The van der Waals surface area contributed by atoms with Gasteiger partial charge < -0.3 is 5.11 Å². The number of aliphatic hydroxyl groups excluding tert-OH is 1. The fraction of sp³-hybridized carbons (Fsp3) is 0.0909. The number of hydrogen-bond acceptors (Lipinski definition) is 1. The van der Waals surface area contributed by atoms with Crippen LogP contribution in [0, 0.1) is 0 Å². The van der Waals surface area contributed by atoms with Crippen LogP contribution in [0.5, 0.6) is 0 Å². The molecule has 0 saturated carbocycles. The van der Waals surface area contributed by atoms with Gasteiger partial charge in [0.05, 0.1) is 6.61 Å². The fourth-order valence-electron chi connectivity index (χ4n) is 2.69. The molecule has 1 heteroatoms. The van der Waals surface area contributed by atoms with Gasteiger partial charge in [-0.3, -0.25) is 0 Å². The van der Waals surface area contributed by atoms with Gasteiger partial charge in [-0.25, -0.2) is 0 Å². The Kier molecular flexibility index (Phi) is 4.70. The molecule has 0 aliphatic heterocycles. The molecule has 1 nitrogen and oxygen atoms in total. The molecule has 3 aromatic carbocycles. The summed E-state index contributed by atoms with van der Waals surface area (Å²) in [6, 6.07) is 27.5.